The molecule has 0 saturated carbocycles. The van der Waals surface area contributed by atoms with Gasteiger partial charge in [-0.15, -0.1) is 0 Å². The van der Waals surface area contributed by atoms with Crippen molar-refractivity contribution in [2.75, 3.05) is 0 Å². The van der Waals surface area contributed by atoms with E-state index in [0.29, 0.717) is 0 Å². The lowest BCUT2D eigenvalue weighted by atomic mass is 9.96. The smallest absolute Gasteiger partial charge is 0.126 e. The number of unbranched alkanes of at least 4 members (excludes halogenated alkanes) is 2. The van der Waals surface area contributed by atoms with Crippen LogP contribution in [-0.2, 0) is 0 Å². The van der Waals surface area contributed by atoms with Crippen LogP contribution in [0.5, 0.6) is 5.75 Å². The van der Waals surface area contributed by atoms with Crippen LogP contribution in [0.2, 0.25) is 0 Å². The molecular formula is C14H19BrO2. The van der Waals surface area contributed by atoms with E-state index in [1.165, 1.54) is 19.3 Å². The molecule has 0 amide bonds. The number of rotatable bonds is 4. The average Bonchev–Trinajstić information content (AvgIpc) is 2.28. The van der Waals surface area contributed by atoms with E-state index in [1.807, 2.05) is 18.2 Å². The molecule has 0 saturated heterocycles. The van der Waals surface area contributed by atoms with Gasteiger partial charge in [0.05, 0.1) is 6.10 Å². The van der Waals surface area contributed by atoms with E-state index in [1.54, 1.807) is 0 Å². The SMILES string of the molecule is CCCCCC1C[C@@H](O)c2ccc(Br)cc2O1. The second kappa shape index (κ2) is 5.87. The number of aliphatic hydroxyl groups is 1. The molecule has 1 aliphatic heterocycles. The Morgan fingerprint density at radius 2 is 2.24 bits per heavy atom. The van der Waals surface area contributed by atoms with Gasteiger partial charge in [0.25, 0.3) is 0 Å². The van der Waals surface area contributed by atoms with Crippen LogP contribution in [0.1, 0.15) is 50.7 Å². The van der Waals surface area contributed by atoms with Crippen molar-refractivity contribution < 1.29 is 9.84 Å². The fourth-order valence-corrected chi connectivity index (χ4v) is 2.63. The van der Waals surface area contributed by atoms with Crippen LogP contribution in [0.25, 0.3) is 0 Å². The number of hydrogen-bond donors (Lipinski definition) is 1. The Balaban J connectivity index is 2.04. The summed E-state index contributed by atoms with van der Waals surface area (Å²) in [6.07, 6.45) is 5.18. The van der Waals surface area contributed by atoms with E-state index in [2.05, 4.69) is 22.9 Å². The third-order valence-electron chi connectivity index (χ3n) is 3.24. The van der Waals surface area contributed by atoms with Crippen molar-refractivity contribution in [3.05, 3.63) is 28.2 Å². The summed E-state index contributed by atoms with van der Waals surface area (Å²) in [5, 5.41) is 10.1. The van der Waals surface area contributed by atoms with Crippen molar-refractivity contribution >= 4 is 15.9 Å². The zero-order chi connectivity index (χ0) is 12.3. The fraction of sp³-hybridized carbons (Fsp3) is 0.571. The molecule has 0 aliphatic carbocycles. The van der Waals surface area contributed by atoms with Crippen LogP contribution in [0, 0.1) is 0 Å². The minimum absolute atomic E-state index is 0.165. The summed E-state index contributed by atoms with van der Waals surface area (Å²) < 4.78 is 6.94. The molecule has 0 bridgehead atoms. The lowest BCUT2D eigenvalue weighted by Gasteiger charge is -2.29. The number of ether oxygens (including phenoxy) is 1. The molecule has 2 rings (SSSR count). The maximum atomic E-state index is 10.1. The van der Waals surface area contributed by atoms with Crippen LogP contribution in [0.3, 0.4) is 0 Å². The Morgan fingerprint density at radius 1 is 1.41 bits per heavy atom. The summed E-state index contributed by atoms with van der Waals surface area (Å²) in [5.74, 6) is 0.833. The maximum absolute atomic E-state index is 10.1. The van der Waals surface area contributed by atoms with Crippen molar-refractivity contribution in [3.63, 3.8) is 0 Å². The lowest BCUT2D eigenvalue weighted by molar-refractivity contribution is 0.0605. The van der Waals surface area contributed by atoms with Crippen LogP contribution in [0.15, 0.2) is 22.7 Å². The minimum atomic E-state index is -0.376. The molecule has 2 atom stereocenters. The van der Waals surface area contributed by atoms with Crippen molar-refractivity contribution in [2.24, 2.45) is 0 Å². The molecule has 0 fully saturated rings. The molecular weight excluding hydrogens is 280 g/mol. The quantitative estimate of drug-likeness (QED) is 0.844. The first-order valence-electron chi connectivity index (χ1n) is 6.35. The number of fused-ring (bicyclic) bond motifs is 1. The van der Waals surface area contributed by atoms with Crippen molar-refractivity contribution in [1.82, 2.24) is 0 Å². The Labute approximate surface area is 111 Å². The molecule has 3 heteroatoms. The maximum Gasteiger partial charge on any atom is 0.126 e. The zero-order valence-corrected chi connectivity index (χ0v) is 11.7. The van der Waals surface area contributed by atoms with Gasteiger partial charge in [0.1, 0.15) is 11.9 Å². The zero-order valence-electron chi connectivity index (χ0n) is 10.2. The van der Waals surface area contributed by atoms with Gasteiger partial charge in [-0.05, 0) is 25.0 Å². The highest BCUT2D eigenvalue weighted by atomic mass is 79.9. The molecule has 1 aromatic carbocycles. The first kappa shape index (κ1) is 12.9. The van der Waals surface area contributed by atoms with Gasteiger partial charge in [-0.3, -0.25) is 0 Å². The fourth-order valence-electron chi connectivity index (χ4n) is 2.29. The molecule has 1 heterocycles. The summed E-state index contributed by atoms with van der Waals surface area (Å²) in [4.78, 5) is 0. The number of halogens is 1. The molecule has 1 N–H and O–H groups in total. The largest absolute Gasteiger partial charge is 0.490 e. The lowest BCUT2D eigenvalue weighted by Crippen LogP contribution is -2.25. The van der Waals surface area contributed by atoms with Gasteiger partial charge < -0.3 is 9.84 Å². The molecule has 2 nitrogen and oxygen atoms in total. The first-order chi connectivity index (χ1) is 8.20. The second-order valence-electron chi connectivity index (χ2n) is 4.67. The van der Waals surface area contributed by atoms with Gasteiger partial charge in [0, 0.05) is 16.5 Å². The summed E-state index contributed by atoms with van der Waals surface area (Å²) in [5.41, 5.74) is 0.917. The predicted octanol–water partition coefficient (Wildman–Crippen LogP) is 4.21. The van der Waals surface area contributed by atoms with Crippen LogP contribution in [-0.4, -0.2) is 11.2 Å². The monoisotopic (exact) mass is 298 g/mol. The summed E-state index contributed by atoms with van der Waals surface area (Å²) in [7, 11) is 0. The van der Waals surface area contributed by atoms with Gasteiger partial charge in [-0.1, -0.05) is 41.8 Å². The molecule has 1 aliphatic rings. The van der Waals surface area contributed by atoms with E-state index in [4.69, 9.17) is 4.74 Å². The predicted molar refractivity (Wildman–Crippen MR) is 72.3 cm³/mol. The molecule has 1 unspecified atom stereocenters. The first-order valence-corrected chi connectivity index (χ1v) is 7.14. The van der Waals surface area contributed by atoms with Gasteiger partial charge >= 0.3 is 0 Å². The molecule has 17 heavy (non-hydrogen) atoms. The Morgan fingerprint density at radius 3 is 3.00 bits per heavy atom. The van der Waals surface area contributed by atoms with E-state index in [0.717, 1.165) is 28.6 Å². The number of benzene rings is 1. The molecule has 0 aromatic heterocycles. The second-order valence-corrected chi connectivity index (χ2v) is 5.58. The van der Waals surface area contributed by atoms with Crippen molar-refractivity contribution in [3.8, 4) is 5.75 Å². The summed E-state index contributed by atoms with van der Waals surface area (Å²) in [6, 6.07) is 5.83. The van der Waals surface area contributed by atoms with Crippen LogP contribution in [0.4, 0.5) is 0 Å². The Hall–Kier alpha value is -0.540. The van der Waals surface area contributed by atoms with Gasteiger partial charge in [-0.25, -0.2) is 0 Å². The number of aliphatic hydroxyl groups excluding tert-OH is 1. The van der Waals surface area contributed by atoms with Gasteiger partial charge in [0.15, 0.2) is 0 Å². The number of hydrogen-bond acceptors (Lipinski definition) is 2. The van der Waals surface area contributed by atoms with E-state index in [-0.39, 0.29) is 12.2 Å². The highest BCUT2D eigenvalue weighted by Gasteiger charge is 2.26. The topological polar surface area (TPSA) is 29.5 Å². The van der Waals surface area contributed by atoms with Crippen LogP contribution < -0.4 is 4.74 Å². The molecule has 1 aromatic rings. The summed E-state index contributed by atoms with van der Waals surface area (Å²) >= 11 is 3.43. The minimum Gasteiger partial charge on any atom is -0.490 e. The standard InChI is InChI=1S/C14H19BrO2/c1-2-3-4-5-11-9-13(16)12-7-6-10(15)8-14(12)17-11/h6-8,11,13,16H,2-5,9H2,1H3/t11?,13-/m1/s1. The highest BCUT2D eigenvalue weighted by Crippen LogP contribution is 2.37. The molecule has 0 radical (unpaired) electrons. The Kier molecular flexibility index (Phi) is 4.46. The Bertz CT molecular complexity index is 378. The third-order valence-corrected chi connectivity index (χ3v) is 3.74. The van der Waals surface area contributed by atoms with Gasteiger partial charge in [0.2, 0.25) is 0 Å². The van der Waals surface area contributed by atoms with Crippen molar-refractivity contribution in [2.45, 2.75) is 51.2 Å². The highest BCUT2D eigenvalue weighted by molar-refractivity contribution is 9.10. The van der Waals surface area contributed by atoms with E-state index >= 15 is 0 Å². The third kappa shape index (κ3) is 3.23. The molecule has 0 spiro atoms. The molecule has 94 valence electrons. The van der Waals surface area contributed by atoms with Gasteiger partial charge in [-0.2, -0.15) is 0 Å². The van der Waals surface area contributed by atoms with Crippen LogP contribution >= 0.6 is 15.9 Å². The normalized spacial score (nSPS) is 23.0. The average molecular weight is 299 g/mol. The van der Waals surface area contributed by atoms with Crippen molar-refractivity contribution in [1.29, 1.82) is 0 Å². The van der Waals surface area contributed by atoms with E-state index < -0.39 is 0 Å². The van der Waals surface area contributed by atoms with E-state index in [9.17, 15) is 5.11 Å². The summed E-state index contributed by atoms with van der Waals surface area (Å²) in [6.45, 7) is 2.20.